The summed E-state index contributed by atoms with van der Waals surface area (Å²) in [6, 6.07) is 5.68. The number of carbonyl (C=O) groups excluding carboxylic acids is 5. The molecule has 0 N–H and O–H groups in total. The van der Waals surface area contributed by atoms with Crippen molar-refractivity contribution in [2.75, 3.05) is 13.7 Å². The first-order valence-corrected chi connectivity index (χ1v) is 12.8. The predicted molar refractivity (Wildman–Crippen MR) is 138 cm³/mol. The average Bonchev–Trinajstić information content (AvgIpc) is 2.86. The zero-order valence-electron chi connectivity index (χ0n) is 22.9. The molecule has 218 valence electrons. The monoisotopic (exact) mass is 581 g/mol. The van der Waals surface area contributed by atoms with E-state index in [9.17, 15) is 29.5 Å². The summed E-state index contributed by atoms with van der Waals surface area (Å²) >= 11 is 0.932. The molecule has 0 bridgehead atoms. The fourth-order valence-electron chi connectivity index (χ4n) is 4.07. The number of esters is 5. The van der Waals surface area contributed by atoms with Crippen molar-refractivity contribution in [3.05, 3.63) is 40.3 Å². The van der Waals surface area contributed by atoms with Gasteiger partial charge in [0.05, 0.1) is 7.11 Å². The van der Waals surface area contributed by atoms with Crippen LogP contribution in [0.2, 0.25) is 0 Å². The van der Waals surface area contributed by atoms with Crippen LogP contribution >= 0.6 is 11.8 Å². The molecule has 1 aliphatic rings. The van der Waals surface area contributed by atoms with E-state index in [0.29, 0.717) is 4.90 Å². The fourth-order valence-corrected chi connectivity index (χ4v) is 5.29. The molecule has 1 fully saturated rings. The van der Waals surface area contributed by atoms with Crippen LogP contribution in [0, 0.1) is 6.92 Å². The summed E-state index contributed by atoms with van der Waals surface area (Å²) in [7, 11) is 1.13. The van der Waals surface area contributed by atoms with Gasteiger partial charge in [-0.15, -0.1) is 0 Å². The van der Waals surface area contributed by atoms with E-state index in [1.54, 1.807) is 24.3 Å². The van der Waals surface area contributed by atoms with Crippen LogP contribution in [-0.4, -0.2) is 79.0 Å². The minimum Gasteiger partial charge on any atom is -0.466 e. The van der Waals surface area contributed by atoms with E-state index in [2.05, 4.69) is 10.0 Å². The highest BCUT2D eigenvalue weighted by molar-refractivity contribution is 8.01. The number of methoxy groups -OCH3 is 1. The zero-order chi connectivity index (χ0) is 30.0. The number of azide groups is 1. The lowest BCUT2D eigenvalue weighted by Gasteiger charge is -2.47. The number of nitrogens with zero attached hydrogens (tertiary/aromatic N) is 3. The normalized spacial score (nSPS) is 23.4. The van der Waals surface area contributed by atoms with Gasteiger partial charge >= 0.3 is 29.8 Å². The first kappa shape index (κ1) is 32.4. The quantitative estimate of drug-likeness (QED) is 0.122. The lowest BCUT2D eigenvalue weighted by molar-refractivity contribution is -0.221. The van der Waals surface area contributed by atoms with Crippen LogP contribution in [0.15, 0.2) is 34.3 Å². The van der Waals surface area contributed by atoms with Gasteiger partial charge in [0.2, 0.25) is 4.93 Å². The molecule has 40 heavy (non-hydrogen) atoms. The Labute approximate surface area is 234 Å². The van der Waals surface area contributed by atoms with Crippen molar-refractivity contribution in [3.63, 3.8) is 0 Å². The number of carbonyl (C=O) groups is 5. The van der Waals surface area contributed by atoms with E-state index in [4.69, 9.17) is 28.4 Å². The van der Waals surface area contributed by atoms with E-state index in [0.717, 1.165) is 52.1 Å². The number of ether oxygens (including phenoxy) is 6. The van der Waals surface area contributed by atoms with Crippen molar-refractivity contribution in [2.45, 2.75) is 81.3 Å². The highest BCUT2D eigenvalue weighted by Gasteiger charge is 2.58. The van der Waals surface area contributed by atoms with Crippen LogP contribution in [0.4, 0.5) is 0 Å². The third-order valence-corrected chi connectivity index (χ3v) is 6.84. The highest BCUT2D eigenvalue weighted by Crippen LogP contribution is 2.46. The largest absolute Gasteiger partial charge is 0.466 e. The second kappa shape index (κ2) is 14.5. The van der Waals surface area contributed by atoms with Crippen molar-refractivity contribution in [3.8, 4) is 0 Å². The first-order valence-electron chi connectivity index (χ1n) is 12.0. The molecular weight excluding hydrogens is 550 g/mol. The number of aryl methyl sites for hydroxylation is 1. The van der Waals surface area contributed by atoms with E-state index in [-0.39, 0.29) is 6.42 Å². The first-order chi connectivity index (χ1) is 18.8. The average molecular weight is 582 g/mol. The lowest BCUT2D eigenvalue weighted by atomic mass is 9.90. The molecule has 6 atom stereocenters. The lowest BCUT2D eigenvalue weighted by Crippen LogP contribution is -2.63. The molecule has 1 heterocycles. The Balaban J connectivity index is 2.75. The van der Waals surface area contributed by atoms with E-state index in [1.807, 2.05) is 6.92 Å². The second-order valence-corrected chi connectivity index (χ2v) is 10.1. The minimum absolute atomic E-state index is 0.326. The topological polar surface area (TPSA) is 189 Å². The van der Waals surface area contributed by atoms with Gasteiger partial charge < -0.3 is 28.4 Å². The maximum atomic E-state index is 13.3. The van der Waals surface area contributed by atoms with Crippen molar-refractivity contribution < 1.29 is 52.4 Å². The number of benzene rings is 1. The van der Waals surface area contributed by atoms with Crippen LogP contribution in [0.5, 0.6) is 0 Å². The minimum atomic E-state index is -1.92. The summed E-state index contributed by atoms with van der Waals surface area (Å²) in [6.45, 7) is 5.67. The Bertz CT molecular complexity index is 1160. The van der Waals surface area contributed by atoms with Gasteiger partial charge in [0.1, 0.15) is 24.9 Å². The third-order valence-electron chi connectivity index (χ3n) is 5.58. The van der Waals surface area contributed by atoms with Crippen LogP contribution in [0.3, 0.4) is 0 Å². The van der Waals surface area contributed by atoms with Gasteiger partial charge in [0.25, 0.3) is 0 Å². The molecule has 15 heteroatoms. The standard InChI is InChI=1S/C25H31N3O11S/c1-13-7-9-18(10-8-13)40-25(24(33)34-6)11-19(36-15(3)30)21(27-28-26)23(39-25)22(38-17(5)32)20(37-16(4)31)12-35-14(2)29/h7-10,19-23H,11-12H2,1-6H3/t19-,20+,21+,22+,23+,25-/m0/s1. The Morgan fingerprint density at radius 1 is 1.05 bits per heavy atom. The summed E-state index contributed by atoms with van der Waals surface area (Å²) in [4.78, 5) is 62.6. The zero-order valence-corrected chi connectivity index (χ0v) is 23.7. The number of hydrogen-bond donors (Lipinski definition) is 0. The molecule has 1 aliphatic heterocycles. The molecule has 0 unspecified atom stereocenters. The molecular formula is C25H31N3O11S. The smallest absolute Gasteiger partial charge is 0.349 e. The highest BCUT2D eigenvalue weighted by atomic mass is 32.2. The van der Waals surface area contributed by atoms with E-state index >= 15 is 0 Å². The van der Waals surface area contributed by atoms with Crippen LogP contribution in [-0.2, 0) is 52.4 Å². The molecule has 0 radical (unpaired) electrons. The number of thioether (sulfide) groups is 1. The summed E-state index contributed by atoms with van der Waals surface area (Å²) in [5, 5.41) is 3.73. The van der Waals surface area contributed by atoms with Gasteiger partial charge in [-0.05, 0) is 24.6 Å². The molecule has 1 aromatic carbocycles. The van der Waals surface area contributed by atoms with Gasteiger partial charge in [0.15, 0.2) is 12.2 Å². The summed E-state index contributed by atoms with van der Waals surface area (Å²) in [5.74, 6) is -4.06. The van der Waals surface area contributed by atoms with Crippen molar-refractivity contribution >= 4 is 41.6 Å². The number of hydrogen-bond acceptors (Lipinski definition) is 13. The van der Waals surface area contributed by atoms with Gasteiger partial charge in [-0.1, -0.05) is 34.6 Å². The molecule has 0 aliphatic carbocycles. The van der Waals surface area contributed by atoms with E-state index < -0.39 is 71.8 Å². The molecule has 0 saturated carbocycles. The molecule has 1 saturated heterocycles. The maximum absolute atomic E-state index is 13.3. The summed E-state index contributed by atoms with van der Waals surface area (Å²) in [5.41, 5.74) is 10.3. The maximum Gasteiger partial charge on any atom is 0.349 e. The third kappa shape index (κ3) is 8.86. The van der Waals surface area contributed by atoms with Gasteiger partial charge in [-0.2, -0.15) is 0 Å². The van der Waals surface area contributed by atoms with Crippen LogP contribution in [0.1, 0.15) is 39.7 Å². The Hall–Kier alpha value is -3.81. The molecule has 0 amide bonds. The molecule has 2 rings (SSSR count). The predicted octanol–water partition coefficient (Wildman–Crippen LogP) is 2.78. The van der Waals surface area contributed by atoms with Crippen molar-refractivity contribution in [1.29, 1.82) is 0 Å². The van der Waals surface area contributed by atoms with Gasteiger partial charge in [0, 0.05) is 43.9 Å². The van der Waals surface area contributed by atoms with Crippen molar-refractivity contribution in [1.82, 2.24) is 0 Å². The van der Waals surface area contributed by atoms with Gasteiger partial charge in [-0.3, -0.25) is 19.2 Å². The van der Waals surface area contributed by atoms with E-state index in [1.165, 1.54) is 0 Å². The summed E-state index contributed by atoms with van der Waals surface area (Å²) in [6.07, 6.45) is -6.24. The fraction of sp³-hybridized carbons (Fsp3) is 0.560. The van der Waals surface area contributed by atoms with Crippen molar-refractivity contribution in [2.24, 2.45) is 5.11 Å². The molecule has 14 nitrogen and oxygen atoms in total. The summed E-state index contributed by atoms with van der Waals surface area (Å²) < 4.78 is 32.6. The molecule has 0 spiro atoms. The number of rotatable bonds is 11. The second-order valence-electron chi connectivity index (χ2n) is 8.81. The van der Waals surface area contributed by atoms with Gasteiger partial charge in [-0.25, -0.2) is 4.79 Å². The Kier molecular flexibility index (Phi) is 11.8. The Morgan fingerprint density at radius 3 is 2.17 bits per heavy atom. The Morgan fingerprint density at radius 2 is 1.68 bits per heavy atom. The molecule has 1 aromatic rings. The van der Waals surface area contributed by atoms with Crippen LogP contribution < -0.4 is 0 Å². The SMILES string of the molecule is COC(=O)[C@@]1(Sc2ccc(C)cc2)C[C@H](OC(C)=O)[C@@H](N=[N+]=[N-])[C@H]([C@H](OC(C)=O)[C@@H](COC(C)=O)OC(C)=O)O1. The van der Waals surface area contributed by atoms with Crippen LogP contribution in [0.25, 0.3) is 10.4 Å². The molecule has 0 aromatic heterocycles.